The number of ether oxygens (including phenoxy) is 2. The molecule has 1 aliphatic rings. The van der Waals surface area contributed by atoms with E-state index in [0.717, 1.165) is 37.7 Å². The fraction of sp³-hybridized carbons (Fsp3) is 0.643. The van der Waals surface area contributed by atoms with Crippen molar-refractivity contribution in [1.29, 1.82) is 0 Å². The average Bonchev–Trinajstić information content (AvgIpc) is 2.28. The van der Waals surface area contributed by atoms with E-state index in [0.29, 0.717) is 5.41 Å². The van der Waals surface area contributed by atoms with Gasteiger partial charge in [-0.2, -0.15) is 0 Å². The molecule has 4 nitrogen and oxygen atoms in total. The lowest BCUT2D eigenvalue weighted by Gasteiger charge is -2.38. The molecule has 1 aromatic rings. The Morgan fingerprint density at radius 1 is 1.50 bits per heavy atom. The number of hydrogen-bond donors (Lipinski definition) is 1. The van der Waals surface area contributed by atoms with E-state index in [-0.39, 0.29) is 6.10 Å². The van der Waals surface area contributed by atoms with Crippen LogP contribution < -0.4 is 10.1 Å². The van der Waals surface area contributed by atoms with Crippen molar-refractivity contribution < 1.29 is 9.47 Å². The lowest BCUT2D eigenvalue weighted by molar-refractivity contribution is -0.0991. The Hall–Kier alpha value is -1.13. The third-order valence-corrected chi connectivity index (χ3v) is 2.97. The standard InChI is InChI=1S/C14H22N2O2/c1-11(2)18-13-12(5-4-6-16-13)7-15-8-14(3)9-17-10-14/h4-6,11,15H,7-10H2,1-3H3. The second kappa shape index (κ2) is 5.67. The molecule has 2 heterocycles. The molecule has 100 valence electrons. The van der Waals surface area contributed by atoms with Crippen molar-refractivity contribution >= 4 is 0 Å². The van der Waals surface area contributed by atoms with Crippen LogP contribution in [0.2, 0.25) is 0 Å². The van der Waals surface area contributed by atoms with Crippen molar-refractivity contribution in [3.8, 4) is 5.88 Å². The van der Waals surface area contributed by atoms with E-state index in [1.54, 1.807) is 6.20 Å². The lowest BCUT2D eigenvalue weighted by Crippen LogP contribution is -2.47. The lowest BCUT2D eigenvalue weighted by atomic mass is 9.89. The summed E-state index contributed by atoms with van der Waals surface area (Å²) in [5.41, 5.74) is 1.40. The average molecular weight is 250 g/mol. The van der Waals surface area contributed by atoms with Crippen LogP contribution in [0.15, 0.2) is 18.3 Å². The number of hydrogen-bond acceptors (Lipinski definition) is 4. The summed E-state index contributed by atoms with van der Waals surface area (Å²) in [6.07, 6.45) is 1.92. The molecule has 1 saturated heterocycles. The van der Waals surface area contributed by atoms with E-state index in [9.17, 15) is 0 Å². The second-order valence-corrected chi connectivity index (χ2v) is 5.54. The Balaban J connectivity index is 1.88. The first-order chi connectivity index (χ1) is 8.59. The van der Waals surface area contributed by atoms with Crippen LogP contribution in [-0.2, 0) is 11.3 Å². The third kappa shape index (κ3) is 3.43. The normalized spacial score (nSPS) is 17.6. The molecular formula is C14H22N2O2. The molecule has 0 bridgehead atoms. The van der Waals surface area contributed by atoms with Crippen LogP contribution in [0.1, 0.15) is 26.3 Å². The van der Waals surface area contributed by atoms with E-state index in [4.69, 9.17) is 9.47 Å². The van der Waals surface area contributed by atoms with Gasteiger partial charge in [-0.3, -0.25) is 0 Å². The number of rotatable bonds is 6. The fourth-order valence-corrected chi connectivity index (χ4v) is 1.94. The van der Waals surface area contributed by atoms with Gasteiger partial charge < -0.3 is 14.8 Å². The molecule has 1 aliphatic heterocycles. The predicted molar refractivity (Wildman–Crippen MR) is 70.6 cm³/mol. The van der Waals surface area contributed by atoms with Crippen LogP contribution in [0.5, 0.6) is 5.88 Å². The number of pyridine rings is 1. The Morgan fingerprint density at radius 3 is 2.89 bits per heavy atom. The predicted octanol–water partition coefficient (Wildman–Crippen LogP) is 1.99. The van der Waals surface area contributed by atoms with E-state index in [1.807, 2.05) is 19.9 Å². The number of nitrogens with zero attached hydrogens (tertiary/aromatic N) is 1. The van der Waals surface area contributed by atoms with Crippen molar-refractivity contribution in [3.63, 3.8) is 0 Å². The maximum absolute atomic E-state index is 5.69. The molecule has 1 aromatic heterocycles. The van der Waals surface area contributed by atoms with E-state index in [1.165, 1.54) is 0 Å². The first kappa shape index (κ1) is 13.3. The SMILES string of the molecule is CC(C)Oc1ncccc1CNCC1(C)COC1. The molecule has 1 fully saturated rings. The molecule has 4 heteroatoms. The summed E-state index contributed by atoms with van der Waals surface area (Å²) in [6.45, 7) is 9.70. The molecule has 0 aliphatic carbocycles. The highest BCUT2D eigenvalue weighted by molar-refractivity contribution is 5.25. The first-order valence-corrected chi connectivity index (χ1v) is 6.48. The van der Waals surface area contributed by atoms with Gasteiger partial charge >= 0.3 is 0 Å². The highest BCUT2D eigenvalue weighted by atomic mass is 16.5. The number of aromatic nitrogens is 1. The van der Waals surface area contributed by atoms with Gasteiger partial charge in [0.2, 0.25) is 5.88 Å². The van der Waals surface area contributed by atoms with Crippen molar-refractivity contribution in [2.75, 3.05) is 19.8 Å². The molecule has 0 spiro atoms. The van der Waals surface area contributed by atoms with Gasteiger partial charge in [-0.25, -0.2) is 4.98 Å². The van der Waals surface area contributed by atoms with Gasteiger partial charge in [0.15, 0.2) is 0 Å². The Kier molecular flexibility index (Phi) is 4.19. The van der Waals surface area contributed by atoms with Crippen molar-refractivity contribution in [3.05, 3.63) is 23.9 Å². The molecule has 0 unspecified atom stereocenters. The van der Waals surface area contributed by atoms with Crippen LogP contribution >= 0.6 is 0 Å². The van der Waals surface area contributed by atoms with Gasteiger partial charge in [-0.05, 0) is 19.9 Å². The Bertz CT molecular complexity index is 389. The van der Waals surface area contributed by atoms with Crippen molar-refractivity contribution in [1.82, 2.24) is 10.3 Å². The maximum Gasteiger partial charge on any atom is 0.218 e. The van der Waals surface area contributed by atoms with Crippen LogP contribution in [0.4, 0.5) is 0 Å². The third-order valence-electron chi connectivity index (χ3n) is 2.97. The summed E-state index contributed by atoms with van der Waals surface area (Å²) in [7, 11) is 0. The fourth-order valence-electron chi connectivity index (χ4n) is 1.94. The minimum absolute atomic E-state index is 0.149. The molecule has 0 amide bonds. The van der Waals surface area contributed by atoms with Crippen molar-refractivity contribution in [2.24, 2.45) is 5.41 Å². The van der Waals surface area contributed by atoms with E-state index >= 15 is 0 Å². The zero-order valence-corrected chi connectivity index (χ0v) is 11.4. The topological polar surface area (TPSA) is 43.4 Å². The zero-order chi connectivity index (χ0) is 13.0. The van der Waals surface area contributed by atoms with Crippen LogP contribution in [0.25, 0.3) is 0 Å². The Labute approximate surface area is 109 Å². The molecule has 0 radical (unpaired) electrons. The van der Waals surface area contributed by atoms with Crippen LogP contribution in [0.3, 0.4) is 0 Å². The molecule has 2 rings (SSSR count). The van der Waals surface area contributed by atoms with Gasteiger partial charge in [-0.1, -0.05) is 13.0 Å². The summed E-state index contributed by atoms with van der Waals surface area (Å²) in [4.78, 5) is 4.28. The summed E-state index contributed by atoms with van der Waals surface area (Å²) < 4.78 is 10.9. The number of nitrogens with one attached hydrogen (secondary N) is 1. The van der Waals surface area contributed by atoms with Crippen LogP contribution in [0, 0.1) is 5.41 Å². The van der Waals surface area contributed by atoms with Gasteiger partial charge in [0, 0.05) is 30.3 Å². The van der Waals surface area contributed by atoms with Gasteiger partial charge in [0.05, 0.1) is 19.3 Å². The zero-order valence-electron chi connectivity index (χ0n) is 11.4. The van der Waals surface area contributed by atoms with Crippen molar-refractivity contribution in [2.45, 2.75) is 33.4 Å². The van der Waals surface area contributed by atoms with E-state index in [2.05, 4.69) is 23.3 Å². The molecule has 18 heavy (non-hydrogen) atoms. The Morgan fingerprint density at radius 2 is 2.28 bits per heavy atom. The second-order valence-electron chi connectivity index (χ2n) is 5.54. The first-order valence-electron chi connectivity index (χ1n) is 6.48. The summed E-state index contributed by atoms with van der Waals surface area (Å²) >= 11 is 0. The molecule has 0 saturated carbocycles. The van der Waals surface area contributed by atoms with Gasteiger partial charge in [0.1, 0.15) is 0 Å². The quantitative estimate of drug-likeness (QED) is 0.838. The summed E-state index contributed by atoms with van der Waals surface area (Å²) in [5, 5.41) is 3.46. The largest absolute Gasteiger partial charge is 0.475 e. The molecule has 0 aromatic carbocycles. The van der Waals surface area contributed by atoms with Gasteiger partial charge in [-0.15, -0.1) is 0 Å². The minimum Gasteiger partial charge on any atom is -0.475 e. The highest BCUT2D eigenvalue weighted by Crippen LogP contribution is 2.25. The van der Waals surface area contributed by atoms with E-state index < -0.39 is 0 Å². The smallest absolute Gasteiger partial charge is 0.218 e. The molecular weight excluding hydrogens is 228 g/mol. The monoisotopic (exact) mass is 250 g/mol. The summed E-state index contributed by atoms with van der Waals surface area (Å²) in [5.74, 6) is 0.731. The maximum atomic E-state index is 5.69. The highest BCUT2D eigenvalue weighted by Gasteiger charge is 2.32. The molecule has 1 N–H and O–H groups in total. The summed E-state index contributed by atoms with van der Waals surface area (Å²) in [6, 6.07) is 4.00. The molecule has 0 atom stereocenters. The minimum atomic E-state index is 0.149. The van der Waals surface area contributed by atoms with Crippen LogP contribution in [-0.4, -0.2) is 30.8 Å². The van der Waals surface area contributed by atoms with Gasteiger partial charge in [0.25, 0.3) is 0 Å².